The summed E-state index contributed by atoms with van der Waals surface area (Å²) < 4.78 is 2.79. The molecule has 0 aromatic carbocycles. The molecule has 0 fully saturated rings. The van der Waals surface area contributed by atoms with Crippen molar-refractivity contribution in [2.45, 2.75) is 25.7 Å². The van der Waals surface area contributed by atoms with Crippen LogP contribution in [0.25, 0.3) is 5.65 Å². The molecule has 2 aromatic heterocycles. The van der Waals surface area contributed by atoms with Crippen molar-refractivity contribution in [2.75, 3.05) is 23.9 Å². The topological polar surface area (TPSA) is 42.2 Å². The van der Waals surface area contributed by atoms with Crippen LogP contribution in [0.2, 0.25) is 0 Å². The van der Waals surface area contributed by atoms with Crippen molar-refractivity contribution in [1.82, 2.24) is 14.4 Å². The Bertz CT molecular complexity index is 514. The molecule has 2 rings (SSSR count). The minimum Gasteiger partial charge on any atom is -0.367 e. The van der Waals surface area contributed by atoms with Crippen molar-refractivity contribution in [3.8, 4) is 0 Å². The largest absolute Gasteiger partial charge is 0.367 e. The third kappa shape index (κ3) is 4.38. The number of hydrogen-bond donors (Lipinski definition) is 1. The average Bonchev–Trinajstić information content (AvgIpc) is 2.85. The number of unbranched alkanes of at least 4 members (excludes halogenated alkanes) is 3. The number of nitrogens with one attached hydrogen (secondary N) is 1. The molecule has 0 bridgehead atoms. The number of halogens is 1. The Labute approximate surface area is 126 Å². The van der Waals surface area contributed by atoms with E-state index in [4.69, 9.17) is 0 Å². The molecule has 2 aromatic rings. The summed E-state index contributed by atoms with van der Waals surface area (Å²) in [4.78, 5) is 8.75. The van der Waals surface area contributed by atoms with E-state index in [2.05, 4.69) is 37.5 Å². The Morgan fingerprint density at radius 3 is 3.00 bits per heavy atom. The fourth-order valence-corrected chi connectivity index (χ4v) is 2.84. The second-order valence-corrected chi connectivity index (χ2v) is 6.20. The van der Waals surface area contributed by atoms with Crippen LogP contribution in [0.3, 0.4) is 0 Å². The molecule has 0 aliphatic rings. The van der Waals surface area contributed by atoms with E-state index < -0.39 is 0 Å². The van der Waals surface area contributed by atoms with E-state index in [1.807, 2.05) is 28.6 Å². The maximum absolute atomic E-state index is 4.44. The Morgan fingerprint density at radius 1 is 1.32 bits per heavy atom. The van der Waals surface area contributed by atoms with Crippen LogP contribution in [0, 0.1) is 0 Å². The Balaban J connectivity index is 1.79. The molecule has 0 spiro atoms. The van der Waals surface area contributed by atoms with E-state index in [0.717, 1.165) is 22.6 Å². The Hall–Kier alpha value is -0.750. The first-order valence-corrected chi connectivity index (χ1v) is 8.72. The van der Waals surface area contributed by atoms with Gasteiger partial charge in [0.05, 0.1) is 0 Å². The molecule has 0 radical (unpaired) electrons. The fraction of sp³-hybridized carbons (Fsp3) is 0.538. The Kier molecular flexibility index (Phi) is 5.97. The number of hydrogen-bond acceptors (Lipinski definition) is 4. The smallest absolute Gasteiger partial charge is 0.180 e. The third-order valence-electron chi connectivity index (χ3n) is 2.91. The van der Waals surface area contributed by atoms with Gasteiger partial charge in [0.1, 0.15) is 4.60 Å². The SMILES string of the molecule is CSCCCCCCNc1nc(Br)cn2ccnc12. The zero-order valence-electron chi connectivity index (χ0n) is 11.1. The Morgan fingerprint density at radius 2 is 2.16 bits per heavy atom. The van der Waals surface area contributed by atoms with Gasteiger partial charge in [-0.2, -0.15) is 11.8 Å². The molecular weight excluding hydrogens is 324 g/mol. The summed E-state index contributed by atoms with van der Waals surface area (Å²) >= 11 is 5.34. The molecule has 2 heterocycles. The van der Waals surface area contributed by atoms with Gasteiger partial charge in [-0.1, -0.05) is 12.8 Å². The molecule has 0 unspecified atom stereocenters. The number of nitrogens with zero attached hydrogens (tertiary/aromatic N) is 3. The van der Waals surface area contributed by atoms with Crippen LogP contribution >= 0.6 is 27.7 Å². The molecule has 1 N–H and O–H groups in total. The van der Waals surface area contributed by atoms with E-state index in [-0.39, 0.29) is 0 Å². The highest BCUT2D eigenvalue weighted by Gasteiger charge is 2.05. The van der Waals surface area contributed by atoms with Gasteiger partial charge in [-0.3, -0.25) is 0 Å². The zero-order valence-corrected chi connectivity index (χ0v) is 13.5. The van der Waals surface area contributed by atoms with E-state index in [9.17, 15) is 0 Å². The zero-order chi connectivity index (χ0) is 13.5. The van der Waals surface area contributed by atoms with Crippen molar-refractivity contribution >= 4 is 39.2 Å². The molecule has 104 valence electrons. The summed E-state index contributed by atoms with van der Waals surface area (Å²) in [6, 6.07) is 0. The molecule has 0 saturated carbocycles. The first-order chi connectivity index (χ1) is 9.31. The normalized spacial score (nSPS) is 11.1. The predicted molar refractivity (Wildman–Crippen MR) is 86.0 cm³/mol. The summed E-state index contributed by atoms with van der Waals surface area (Å²) in [7, 11) is 0. The van der Waals surface area contributed by atoms with Crippen LogP contribution in [0.4, 0.5) is 5.82 Å². The molecule has 4 nitrogen and oxygen atoms in total. The number of fused-ring (bicyclic) bond motifs is 1. The average molecular weight is 343 g/mol. The van der Waals surface area contributed by atoms with Crippen molar-refractivity contribution in [1.29, 1.82) is 0 Å². The number of thioether (sulfide) groups is 1. The maximum Gasteiger partial charge on any atom is 0.180 e. The quantitative estimate of drug-likeness (QED) is 0.740. The van der Waals surface area contributed by atoms with Gasteiger partial charge < -0.3 is 9.72 Å². The van der Waals surface area contributed by atoms with Gasteiger partial charge in [0.15, 0.2) is 11.5 Å². The first kappa shape index (κ1) is 14.7. The highest BCUT2D eigenvalue weighted by molar-refractivity contribution is 9.10. The summed E-state index contributed by atoms with van der Waals surface area (Å²) in [5.41, 5.74) is 0.880. The van der Waals surface area contributed by atoms with Gasteiger partial charge in [0.2, 0.25) is 0 Å². The highest BCUT2D eigenvalue weighted by Crippen LogP contribution is 2.17. The van der Waals surface area contributed by atoms with Gasteiger partial charge in [0.25, 0.3) is 0 Å². The van der Waals surface area contributed by atoms with Crippen molar-refractivity contribution < 1.29 is 0 Å². The first-order valence-electron chi connectivity index (χ1n) is 6.53. The van der Waals surface area contributed by atoms with Gasteiger partial charge in [0, 0.05) is 25.1 Å². The van der Waals surface area contributed by atoms with E-state index >= 15 is 0 Å². The lowest BCUT2D eigenvalue weighted by atomic mass is 10.2. The van der Waals surface area contributed by atoms with Gasteiger partial charge in [-0.05, 0) is 40.8 Å². The highest BCUT2D eigenvalue weighted by atomic mass is 79.9. The summed E-state index contributed by atoms with van der Waals surface area (Å²) in [5.74, 6) is 2.12. The van der Waals surface area contributed by atoms with Crippen LogP contribution in [-0.2, 0) is 0 Å². The molecule has 0 amide bonds. The lowest BCUT2D eigenvalue weighted by molar-refractivity contribution is 0.688. The third-order valence-corrected chi connectivity index (χ3v) is 3.99. The van der Waals surface area contributed by atoms with E-state index in [0.29, 0.717) is 0 Å². The lowest BCUT2D eigenvalue weighted by Crippen LogP contribution is -2.06. The lowest BCUT2D eigenvalue weighted by Gasteiger charge is -2.07. The molecular formula is C13H19BrN4S. The molecule has 0 aliphatic heterocycles. The maximum atomic E-state index is 4.44. The second kappa shape index (κ2) is 7.75. The van der Waals surface area contributed by atoms with Crippen LogP contribution < -0.4 is 5.32 Å². The monoisotopic (exact) mass is 342 g/mol. The van der Waals surface area contributed by atoms with E-state index in [1.165, 1.54) is 31.4 Å². The summed E-state index contributed by atoms with van der Waals surface area (Å²) in [6.07, 6.45) is 12.9. The molecule has 0 aliphatic carbocycles. The van der Waals surface area contributed by atoms with Crippen LogP contribution in [0.5, 0.6) is 0 Å². The standard InChI is InChI=1S/C13H19BrN4S/c1-19-9-5-3-2-4-6-15-12-13-16-7-8-18(13)10-11(14)17-12/h7-8,10H,2-6,9H2,1H3,(H,15,17). The summed E-state index contributed by atoms with van der Waals surface area (Å²) in [5, 5.41) is 3.38. The predicted octanol–water partition coefficient (Wildman–Crippen LogP) is 3.83. The van der Waals surface area contributed by atoms with Gasteiger partial charge in [-0.15, -0.1) is 0 Å². The minimum absolute atomic E-state index is 0.820. The number of imidazole rings is 1. The van der Waals surface area contributed by atoms with Crippen molar-refractivity contribution in [3.63, 3.8) is 0 Å². The van der Waals surface area contributed by atoms with Crippen LogP contribution in [0.15, 0.2) is 23.2 Å². The molecule has 19 heavy (non-hydrogen) atoms. The molecule has 6 heteroatoms. The summed E-state index contributed by atoms with van der Waals surface area (Å²) in [6.45, 7) is 0.950. The molecule has 0 saturated heterocycles. The number of aromatic nitrogens is 3. The number of rotatable bonds is 8. The minimum atomic E-state index is 0.820. The second-order valence-electron chi connectivity index (χ2n) is 4.40. The van der Waals surface area contributed by atoms with Gasteiger partial charge in [-0.25, -0.2) is 9.97 Å². The van der Waals surface area contributed by atoms with E-state index in [1.54, 1.807) is 6.20 Å². The van der Waals surface area contributed by atoms with Crippen molar-refractivity contribution in [3.05, 3.63) is 23.2 Å². The van der Waals surface area contributed by atoms with Gasteiger partial charge >= 0.3 is 0 Å². The van der Waals surface area contributed by atoms with Crippen LogP contribution in [-0.4, -0.2) is 32.9 Å². The molecule has 0 atom stereocenters. The fourth-order valence-electron chi connectivity index (χ4n) is 1.95. The van der Waals surface area contributed by atoms with Crippen LogP contribution in [0.1, 0.15) is 25.7 Å². The van der Waals surface area contributed by atoms with Crippen molar-refractivity contribution in [2.24, 2.45) is 0 Å². The number of anilines is 1.